The second-order valence-corrected chi connectivity index (χ2v) is 8.21. The Kier molecular flexibility index (Phi) is 5.31. The van der Waals surface area contributed by atoms with E-state index in [4.69, 9.17) is 5.26 Å². The maximum Gasteiger partial charge on any atom is 0.128 e. The summed E-state index contributed by atoms with van der Waals surface area (Å²) in [7, 11) is 0. The average molecular weight is 404 g/mol. The molecule has 0 saturated heterocycles. The lowest BCUT2D eigenvalue weighted by molar-refractivity contribution is 0.977. The van der Waals surface area contributed by atoms with Gasteiger partial charge in [-0.15, -0.1) is 23.1 Å². The Balaban J connectivity index is 2.05. The zero-order valence-electron chi connectivity index (χ0n) is 12.5. The molecule has 3 aromatic rings. The van der Waals surface area contributed by atoms with Gasteiger partial charge in [-0.2, -0.15) is 5.26 Å². The molecule has 6 heteroatoms. The number of nitriles is 1. The average Bonchev–Trinajstić information content (AvgIpc) is 2.89. The maximum atomic E-state index is 8.67. The largest absolute Gasteiger partial charge is 0.229 e. The molecule has 0 fully saturated rings. The summed E-state index contributed by atoms with van der Waals surface area (Å²) >= 11 is 6.91. The number of aryl methyl sites for hydroxylation is 1. The van der Waals surface area contributed by atoms with E-state index in [0.29, 0.717) is 6.42 Å². The summed E-state index contributed by atoms with van der Waals surface area (Å²) in [5.74, 6) is 0.897. The fourth-order valence-corrected chi connectivity index (χ4v) is 4.70. The monoisotopic (exact) mass is 403 g/mol. The van der Waals surface area contributed by atoms with Gasteiger partial charge in [0.25, 0.3) is 0 Å². The van der Waals surface area contributed by atoms with Crippen molar-refractivity contribution >= 4 is 49.2 Å². The summed E-state index contributed by atoms with van der Waals surface area (Å²) in [5.41, 5.74) is 2.41. The van der Waals surface area contributed by atoms with Gasteiger partial charge in [0.1, 0.15) is 16.2 Å². The lowest BCUT2D eigenvalue weighted by atomic mass is 10.0. The van der Waals surface area contributed by atoms with E-state index >= 15 is 0 Å². The molecule has 1 aromatic carbocycles. The molecule has 0 amide bonds. The van der Waals surface area contributed by atoms with Gasteiger partial charge in [0.2, 0.25) is 0 Å². The normalized spacial score (nSPS) is 10.8. The van der Waals surface area contributed by atoms with Crippen molar-refractivity contribution in [3.63, 3.8) is 0 Å². The number of thiophene rings is 1. The van der Waals surface area contributed by atoms with Gasteiger partial charge in [-0.25, -0.2) is 9.97 Å². The Bertz CT molecular complexity index is 866. The molecule has 0 atom stereocenters. The van der Waals surface area contributed by atoms with Crippen LogP contribution in [0.1, 0.15) is 17.7 Å². The lowest BCUT2D eigenvalue weighted by Gasteiger charge is -2.06. The first kappa shape index (κ1) is 16.4. The summed E-state index contributed by atoms with van der Waals surface area (Å²) in [5, 5.41) is 10.8. The van der Waals surface area contributed by atoms with Gasteiger partial charge in [-0.1, -0.05) is 28.1 Å². The van der Waals surface area contributed by atoms with Crippen LogP contribution in [-0.2, 0) is 0 Å². The molecule has 0 spiro atoms. The minimum Gasteiger partial charge on any atom is -0.229 e. The highest BCUT2D eigenvalue weighted by molar-refractivity contribution is 9.10. The molecule has 2 aromatic heterocycles. The molecule has 0 radical (unpaired) electrons. The van der Waals surface area contributed by atoms with Gasteiger partial charge in [-0.05, 0) is 31.0 Å². The molecule has 0 unspecified atom stereocenters. The molecule has 0 saturated carbocycles. The van der Waals surface area contributed by atoms with Gasteiger partial charge < -0.3 is 0 Å². The Labute approximate surface area is 151 Å². The van der Waals surface area contributed by atoms with Crippen molar-refractivity contribution in [2.45, 2.75) is 24.8 Å². The van der Waals surface area contributed by atoms with E-state index in [2.05, 4.69) is 63.2 Å². The Morgan fingerprint density at radius 3 is 2.78 bits per heavy atom. The molecule has 0 aliphatic heterocycles. The van der Waals surface area contributed by atoms with E-state index in [0.717, 1.165) is 31.9 Å². The number of thioether (sulfide) groups is 1. The van der Waals surface area contributed by atoms with Gasteiger partial charge in [0.15, 0.2) is 0 Å². The quantitative estimate of drug-likeness (QED) is 0.305. The number of hydrogen-bond donors (Lipinski definition) is 0. The van der Waals surface area contributed by atoms with Crippen molar-refractivity contribution in [3.05, 3.63) is 39.9 Å². The van der Waals surface area contributed by atoms with Gasteiger partial charge in [0, 0.05) is 27.1 Å². The molecule has 0 aliphatic rings. The van der Waals surface area contributed by atoms with Crippen LogP contribution >= 0.6 is 39.0 Å². The van der Waals surface area contributed by atoms with E-state index in [1.54, 1.807) is 29.4 Å². The molecular formula is C17H14BrN3S2. The van der Waals surface area contributed by atoms with Crippen LogP contribution in [0.4, 0.5) is 0 Å². The first-order valence-corrected chi connectivity index (χ1v) is 9.80. The van der Waals surface area contributed by atoms with Crippen molar-refractivity contribution in [3.8, 4) is 17.2 Å². The molecule has 0 N–H and O–H groups in total. The van der Waals surface area contributed by atoms with Crippen LogP contribution in [-0.4, -0.2) is 15.7 Å². The summed E-state index contributed by atoms with van der Waals surface area (Å²) in [4.78, 5) is 11.2. The molecule has 3 nitrogen and oxygen atoms in total. The third-order valence-electron chi connectivity index (χ3n) is 3.43. The van der Waals surface area contributed by atoms with Crippen LogP contribution in [0.25, 0.3) is 21.3 Å². The fourth-order valence-electron chi connectivity index (χ4n) is 2.41. The van der Waals surface area contributed by atoms with E-state index in [9.17, 15) is 0 Å². The minimum absolute atomic E-state index is 0.587. The van der Waals surface area contributed by atoms with Crippen LogP contribution in [0.5, 0.6) is 0 Å². The number of fused-ring (bicyclic) bond motifs is 1. The molecule has 2 heterocycles. The van der Waals surface area contributed by atoms with E-state index in [1.807, 2.05) is 0 Å². The predicted molar refractivity (Wildman–Crippen MR) is 101 cm³/mol. The summed E-state index contributed by atoms with van der Waals surface area (Å²) < 4.78 is 1.07. The summed E-state index contributed by atoms with van der Waals surface area (Å²) in [6.45, 7) is 2.13. The Morgan fingerprint density at radius 2 is 2.04 bits per heavy atom. The standard InChI is InChI=1S/C17H14BrN3S2/c1-11-14(12-4-6-13(18)7-5-12)15-16(22-9-3-2-8-19)20-10-21-17(15)23-11/h4-7,10H,2-3,9H2,1H3. The van der Waals surface area contributed by atoms with Crippen LogP contribution in [0.2, 0.25) is 0 Å². The molecular weight excluding hydrogens is 390 g/mol. The Hall–Kier alpha value is -1.42. The van der Waals surface area contributed by atoms with Crippen molar-refractivity contribution in [2.75, 3.05) is 5.75 Å². The van der Waals surface area contributed by atoms with Crippen LogP contribution in [0.15, 0.2) is 40.1 Å². The second-order valence-electron chi connectivity index (χ2n) is 5.01. The number of unbranched alkanes of at least 4 members (excludes halogenated alkanes) is 1. The fraction of sp³-hybridized carbons (Fsp3) is 0.235. The van der Waals surface area contributed by atoms with E-state index in [1.165, 1.54) is 16.0 Å². The SMILES string of the molecule is Cc1sc2ncnc(SCCCC#N)c2c1-c1ccc(Br)cc1. The lowest BCUT2D eigenvalue weighted by Crippen LogP contribution is -1.88. The maximum absolute atomic E-state index is 8.67. The number of rotatable bonds is 5. The van der Waals surface area contributed by atoms with Gasteiger partial charge in [-0.3, -0.25) is 0 Å². The third-order valence-corrected chi connectivity index (χ3v) is 6.05. The van der Waals surface area contributed by atoms with Crippen molar-refractivity contribution in [1.82, 2.24) is 9.97 Å². The molecule has 3 rings (SSSR count). The number of aromatic nitrogens is 2. The third kappa shape index (κ3) is 3.57. The van der Waals surface area contributed by atoms with Crippen molar-refractivity contribution in [2.24, 2.45) is 0 Å². The smallest absolute Gasteiger partial charge is 0.128 e. The number of hydrogen-bond acceptors (Lipinski definition) is 5. The van der Waals surface area contributed by atoms with E-state index in [-0.39, 0.29) is 0 Å². The van der Waals surface area contributed by atoms with E-state index < -0.39 is 0 Å². The molecule has 0 bridgehead atoms. The Morgan fingerprint density at radius 1 is 1.26 bits per heavy atom. The number of nitrogens with zero attached hydrogens (tertiary/aromatic N) is 3. The van der Waals surface area contributed by atoms with Gasteiger partial charge >= 0.3 is 0 Å². The summed E-state index contributed by atoms with van der Waals surface area (Å²) in [6.07, 6.45) is 3.10. The minimum atomic E-state index is 0.587. The molecule has 23 heavy (non-hydrogen) atoms. The number of benzene rings is 1. The number of halogens is 1. The topological polar surface area (TPSA) is 49.6 Å². The summed E-state index contributed by atoms with van der Waals surface area (Å²) in [6, 6.07) is 10.5. The predicted octanol–water partition coefficient (Wildman–Crippen LogP) is 5.83. The van der Waals surface area contributed by atoms with Gasteiger partial charge in [0.05, 0.1) is 11.5 Å². The van der Waals surface area contributed by atoms with Crippen molar-refractivity contribution < 1.29 is 0 Å². The highest BCUT2D eigenvalue weighted by atomic mass is 79.9. The zero-order valence-corrected chi connectivity index (χ0v) is 15.8. The van der Waals surface area contributed by atoms with Crippen LogP contribution in [0.3, 0.4) is 0 Å². The highest BCUT2D eigenvalue weighted by Gasteiger charge is 2.16. The van der Waals surface area contributed by atoms with Crippen LogP contribution in [0, 0.1) is 18.3 Å². The first-order chi connectivity index (χ1) is 11.2. The molecule has 0 aliphatic carbocycles. The zero-order chi connectivity index (χ0) is 16.2. The second kappa shape index (κ2) is 7.43. The first-order valence-electron chi connectivity index (χ1n) is 7.20. The highest BCUT2D eigenvalue weighted by Crippen LogP contribution is 2.41. The van der Waals surface area contributed by atoms with Crippen LogP contribution < -0.4 is 0 Å². The molecule has 116 valence electrons. The van der Waals surface area contributed by atoms with Crippen molar-refractivity contribution in [1.29, 1.82) is 5.26 Å².